The highest BCUT2D eigenvalue weighted by atomic mass is 16.6. The minimum absolute atomic E-state index is 0.0587. The Morgan fingerprint density at radius 2 is 0.608 bits per heavy atom. The molecule has 0 aliphatic heterocycles. The Labute approximate surface area is 459 Å². The molecule has 0 N–H and O–H groups in total. The Bertz CT molecular complexity index is 1440. The third-order valence-corrected chi connectivity index (χ3v) is 13.3. The van der Waals surface area contributed by atoms with Crippen molar-refractivity contribution in [2.75, 3.05) is 19.8 Å². The predicted octanol–water partition coefficient (Wildman–Crippen LogP) is 21.9. The van der Waals surface area contributed by atoms with E-state index >= 15 is 0 Å². The first-order chi connectivity index (χ1) is 36.6. The lowest BCUT2D eigenvalue weighted by molar-refractivity contribution is -0.163. The van der Waals surface area contributed by atoms with Crippen LogP contribution in [0.1, 0.15) is 290 Å². The highest BCUT2D eigenvalue weighted by molar-refractivity contribution is 5.70. The molecule has 424 valence electrons. The van der Waals surface area contributed by atoms with Crippen LogP contribution in [0.5, 0.6) is 0 Å². The molecule has 0 fully saturated rings. The second-order valence-electron chi connectivity index (χ2n) is 20.6. The molecule has 0 aliphatic rings. The number of allylic oxidation sites excluding steroid dienone is 18. The monoisotopic (exact) mass is 1030 g/mol. The number of carbonyl (C=O) groups is 2. The molecule has 0 rings (SSSR count). The van der Waals surface area contributed by atoms with Crippen LogP contribution in [0.15, 0.2) is 109 Å². The van der Waals surface area contributed by atoms with E-state index in [2.05, 4.69) is 130 Å². The fraction of sp³-hybridized carbons (Fsp3) is 0.710. The van der Waals surface area contributed by atoms with Gasteiger partial charge in [0.05, 0.1) is 6.61 Å². The van der Waals surface area contributed by atoms with Crippen LogP contribution in [0.2, 0.25) is 0 Å². The molecule has 0 amide bonds. The van der Waals surface area contributed by atoms with Gasteiger partial charge in [-0.2, -0.15) is 0 Å². The number of unbranched alkanes of at least 4 members (excludes halogenated alkanes) is 28. The predicted molar refractivity (Wildman–Crippen MR) is 325 cm³/mol. The van der Waals surface area contributed by atoms with E-state index in [0.29, 0.717) is 19.4 Å². The van der Waals surface area contributed by atoms with E-state index < -0.39 is 6.10 Å². The molecule has 0 bridgehead atoms. The van der Waals surface area contributed by atoms with Crippen molar-refractivity contribution in [1.29, 1.82) is 0 Å². The molecule has 0 radical (unpaired) electrons. The average molecular weight is 1030 g/mol. The van der Waals surface area contributed by atoms with Gasteiger partial charge >= 0.3 is 11.9 Å². The molecule has 74 heavy (non-hydrogen) atoms. The number of rotatable bonds is 57. The maximum Gasteiger partial charge on any atom is 0.306 e. The van der Waals surface area contributed by atoms with Crippen molar-refractivity contribution in [3.8, 4) is 0 Å². The van der Waals surface area contributed by atoms with Gasteiger partial charge in [0, 0.05) is 19.4 Å². The van der Waals surface area contributed by atoms with Crippen molar-refractivity contribution in [2.24, 2.45) is 0 Å². The smallest absolute Gasteiger partial charge is 0.306 e. The molecule has 5 nitrogen and oxygen atoms in total. The first-order valence-electron chi connectivity index (χ1n) is 31.4. The highest BCUT2D eigenvalue weighted by Gasteiger charge is 2.17. The van der Waals surface area contributed by atoms with Crippen molar-refractivity contribution in [3.05, 3.63) is 109 Å². The van der Waals surface area contributed by atoms with Crippen molar-refractivity contribution < 1.29 is 23.8 Å². The van der Waals surface area contributed by atoms with Crippen LogP contribution in [-0.4, -0.2) is 37.9 Å². The molecular formula is C69H118O5. The van der Waals surface area contributed by atoms with Crippen molar-refractivity contribution in [3.63, 3.8) is 0 Å². The Kier molecular flexibility index (Phi) is 60.9. The average Bonchev–Trinajstić information content (AvgIpc) is 3.40. The topological polar surface area (TPSA) is 61.8 Å². The van der Waals surface area contributed by atoms with Gasteiger partial charge in [0.1, 0.15) is 6.61 Å². The van der Waals surface area contributed by atoms with E-state index in [9.17, 15) is 9.59 Å². The van der Waals surface area contributed by atoms with Gasteiger partial charge in [-0.15, -0.1) is 0 Å². The van der Waals surface area contributed by atoms with Crippen molar-refractivity contribution in [2.45, 2.75) is 297 Å². The van der Waals surface area contributed by atoms with Gasteiger partial charge in [-0.3, -0.25) is 9.59 Å². The summed E-state index contributed by atoms with van der Waals surface area (Å²) in [6.45, 7) is 7.59. The normalized spacial score (nSPS) is 13.0. The molecule has 0 heterocycles. The van der Waals surface area contributed by atoms with E-state index in [1.165, 1.54) is 135 Å². The summed E-state index contributed by atoms with van der Waals surface area (Å²) in [5.74, 6) is -0.445. The summed E-state index contributed by atoms with van der Waals surface area (Å²) in [5.41, 5.74) is 0. The van der Waals surface area contributed by atoms with Crippen LogP contribution in [0.4, 0.5) is 0 Å². The summed E-state index contributed by atoms with van der Waals surface area (Å²) in [4.78, 5) is 25.6. The molecular weight excluding hydrogens is 909 g/mol. The summed E-state index contributed by atoms with van der Waals surface area (Å²) in [7, 11) is 0. The third kappa shape index (κ3) is 61.1. The molecule has 0 saturated heterocycles. The summed E-state index contributed by atoms with van der Waals surface area (Å²) in [6, 6.07) is 0. The second kappa shape index (κ2) is 63.8. The van der Waals surface area contributed by atoms with E-state index in [1.807, 2.05) is 0 Å². The Balaban J connectivity index is 4.36. The summed E-state index contributed by atoms with van der Waals surface area (Å²) < 4.78 is 17.5. The van der Waals surface area contributed by atoms with Gasteiger partial charge in [-0.1, -0.05) is 284 Å². The van der Waals surface area contributed by atoms with E-state index in [0.717, 1.165) is 122 Å². The van der Waals surface area contributed by atoms with Gasteiger partial charge in [-0.25, -0.2) is 0 Å². The Hall–Kier alpha value is -3.44. The quantitative estimate of drug-likeness (QED) is 0.0345. The molecule has 0 aromatic carbocycles. The second-order valence-corrected chi connectivity index (χ2v) is 20.6. The molecule has 5 heteroatoms. The maximum atomic E-state index is 12.9. The lowest BCUT2D eigenvalue weighted by Gasteiger charge is -2.18. The SMILES string of the molecule is CC/C=C\C/C=C\C/C=C\C/C=C\C/C=C\CCCCCC(=O)OCC(COCCCCCCCCCCCCCCCCCCCCCC)OC(=O)CCCCCCCC/C=C\C/C=C\C/C=C\C/C=C\CC. The van der Waals surface area contributed by atoms with Crippen molar-refractivity contribution in [1.82, 2.24) is 0 Å². The van der Waals surface area contributed by atoms with Crippen LogP contribution in [-0.2, 0) is 23.8 Å². The molecule has 1 unspecified atom stereocenters. The van der Waals surface area contributed by atoms with Crippen LogP contribution in [0.3, 0.4) is 0 Å². The molecule has 0 saturated carbocycles. The minimum atomic E-state index is -0.565. The number of esters is 2. The van der Waals surface area contributed by atoms with Crippen LogP contribution < -0.4 is 0 Å². The summed E-state index contributed by atoms with van der Waals surface area (Å²) in [5, 5.41) is 0. The van der Waals surface area contributed by atoms with E-state index in [1.54, 1.807) is 0 Å². The lowest BCUT2D eigenvalue weighted by Crippen LogP contribution is -2.30. The van der Waals surface area contributed by atoms with Crippen LogP contribution >= 0.6 is 0 Å². The van der Waals surface area contributed by atoms with Crippen LogP contribution in [0.25, 0.3) is 0 Å². The largest absolute Gasteiger partial charge is 0.462 e. The minimum Gasteiger partial charge on any atom is -0.462 e. The highest BCUT2D eigenvalue weighted by Crippen LogP contribution is 2.16. The maximum absolute atomic E-state index is 12.9. The zero-order valence-electron chi connectivity index (χ0n) is 48.8. The van der Waals surface area contributed by atoms with Gasteiger partial charge in [0.25, 0.3) is 0 Å². The van der Waals surface area contributed by atoms with Crippen molar-refractivity contribution >= 4 is 11.9 Å². The Morgan fingerprint density at radius 1 is 0.311 bits per heavy atom. The van der Waals surface area contributed by atoms with Gasteiger partial charge < -0.3 is 14.2 Å². The fourth-order valence-electron chi connectivity index (χ4n) is 8.71. The van der Waals surface area contributed by atoms with E-state index in [4.69, 9.17) is 14.2 Å². The first kappa shape index (κ1) is 70.6. The van der Waals surface area contributed by atoms with Crippen LogP contribution in [0, 0.1) is 0 Å². The third-order valence-electron chi connectivity index (χ3n) is 13.3. The lowest BCUT2D eigenvalue weighted by atomic mass is 10.0. The molecule has 0 aromatic heterocycles. The fourth-order valence-corrected chi connectivity index (χ4v) is 8.71. The number of carbonyl (C=O) groups excluding carboxylic acids is 2. The Morgan fingerprint density at radius 3 is 0.986 bits per heavy atom. The first-order valence-corrected chi connectivity index (χ1v) is 31.4. The zero-order valence-corrected chi connectivity index (χ0v) is 48.8. The number of ether oxygens (including phenoxy) is 3. The molecule has 0 spiro atoms. The zero-order chi connectivity index (χ0) is 53.4. The van der Waals surface area contributed by atoms with Gasteiger partial charge in [0.2, 0.25) is 0 Å². The molecule has 1 atom stereocenters. The van der Waals surface area contributed by atoms with Gasteiger partial charge in [-0.05, 0) is 103 Å². The molecule has 0 aliphatic carbocycles. The molecule has 0 aromatic rings. The standard InChI is InChI=1S/C69H118O5/c1-4-7-10-13-16-19-22-25-28-31-34-37-40-43-46-49-52-55-58-61-64-72-65-67(74-69(71)63-60-57-54-51-48-45-42-39-36-33-30-27-24-21-18-15-12-9-6-3)66-73-68(70)62-59-56-53-50-47-44-41-38-35-32-29-26-23-20-17-14-11-8-5-2/h8-9,11-12,17-18,20-21,26-27,29-30,35-36,38-39,44,47,67H,4-7,10,13-16,19,22-25,28,31-34,37,40-43,45-46,48-66H2,1-3H3/b11-8-,12-9-,20-17-,21-18-,29-26-,30-27-,38-35-,39-36-,47-44-. The van der Waals surface area contributed by atoms with E-state index in [-0.39, 0.29) is 25.2 Å². The summed E-state index contributed by atoms with van der Waals surface area (Å²) >= 11 is 0. The number of hydrogen-bond acceptors (Lipinski definition) is 5. The number of hydrogen-bond donors (Lipinski definition) is 0. The summed E-state index contributed by atoms with van der Waals surface area (Å²) in [6.07, 6.45) is 88.4. The van der Waals surface area contributed by atoms with Gasteiger partial charge in [0.15, 0.2) is 6.10 Å².